The molecule has 21 heavy (non-hydrogen) atoms. The van der Waals surface area contributed by atoms with Gasteiger partial charge in [0.1, 0.15) is 22.3 Å². The minimum atomic E-state index is -1.14. The quantitative estimate of drug-likeness (QED) is 0.776. The fourth-order valence-corrected chi connectivity index (χ4v) is 2.25. The number of ether oxygens (including phenoxy) is 1. The fourth-order valence-electron chi connectivity index (χ4n) is 1.77. The zero-order valence-corrected chi connectivity index (χ0v) is 13.0. The third-order valence-corrected chi connectivity index (χ3v) is 3.79. The molecule has 0 bridgehead atoms. The Bertz CT molecular complexity index is 569. The summed E-state index contributed by atoms with van der Waals surface area (Å²) >= 11 is 12.1. The average molecular weight is 333 g/mol. The first-order valence-corrected chi connectivity index (χ1v) is 6.82. The molecule has 0 fully saturated rings. The van der Waals surface area contributed by atoms with E-state index in [1.54, 1.807) is 6.07 Å². The topological polar surface area (TPSA) is 80.7 Å². The van der Waals surface area contributed by atoms with Crippen LogP contribution in [0, 0.1) is 5.92 Å². The van der Waals surface area contributed by atoms with Crippen molar-refractivity contribution in [2.45, 2.75) is 20.3 Å². The summed E-state index contributed by atoms with van der Waals surface area (Å²) in [5, 5.41) is 8.76. The molecule has 0 saturated carbocycles. The van der Waals surface area contributed by atoms with Crippen LogP contribution in [0.25, 0.3) is 0 Å². The van der Waals surface area contributed by atoms with Crippen LogP contribution in [0.15, 0.2) is 12.1 Å². The maximum absolute atomic E-state index is 11.4. The first-order valence-electron chi connectivity index (χ1n) is 6.06. The van der Waals surface area contributed by atoms with Crippen LogP contribution in [-0.2, 0) is 20.8 Å². The Balaban J connectivity index is 3.01. The van der Waals surface area contributed by atoms with Crippen molar-refractivity contribution < 1.29 is 24.2 Å². The standard InChI is InChI=1S/C14H14Cl2O5/c1-7(17)10(8(2)18)5-9-3-4-11(14(16)13(9)15)21-6-12(19)20/h3-4,10H,5-6H2,1-2H3,(H,19,20). The van der Waals surface area contributed by atoms with Gasteiger partial charge in [0.2, 0.25) is 0 Å². The number of ketones is 2. The van der Waals surface area contributed by atoms with Crippen LogP contribution in [0.1, 0.15) is 19.4 Å². The van der Waals surface area contributed by atoms with Gasteiger partial charge in [0.05, 0.1) is 10.9 Å². The Morgan fingerprint density at radius 2 is 1.71 bits per heavy atom. The number of carboxylic acids is 1. The normalized spacial score (nSPS) is 10.5. The number of Topliss-reactive ketones (excluding diaryl/α,β-unsaturated/α-hetero) is 2. The Labute approximate surface area is 131 Å². The number of carbonyl (C=O) groups is 3. The summed E-state index contributed by atoms with van der Waals surface area (Å²) < 4.78 is 4.98. The molecular formula is C14H14Cl2O5. The van der Waals surface area contributed by atoms with Crippen LogP contribution < -0.4 is 4.74 Å². The second kappa shape index (κ2) is 7.43. The lowest BCUT2D eigenvalue weighted by atomic mass is 9.92. The first-order chi connectivity index (χ1) is 9.73. The van der Waals surface area contributed by atoms with Crippen molar-refractivity contribution in [1.29, 1.82) is 0 Å². The first kappa shape index (κ1) is 17.5. The van der Waals surface area contributed by atoms with Gasteiger partial charge in [-0.2, -0.15) is 0 Å². The zero-order valence-electron chi connectivity index (χ0n) is 11.5. The summed E-state index contributed by atoms with van der Waals surface area (Å²) in [5.41, 5.74) is 0.528. The number of hydrogen-bond donors (Lipinski definition) is 1. The third-order valence-electron chi connectivity index (χ3n) is 2.88. The van der Waals surface area contributed by atoms with E-state index in [1.165, 1.54) is 19.9 Å². The van der Waals surface area contributed by atoms with E-state index in [0.29, 0.717) is 5.56 Å². The Hall–Kier alpha value is -1.59. The molecule has 0 unspecified atom stereocenters. The molecule has 5 nitrogen and oxygen atoms in total. The highest BCUT2D eigenvalue weighted by molar-refractivity contribution is 6.43. The molecule has 114 valence electrons. The monoisotopic (exact) mass is 332 g/mol. The molecule has 1 aromatic carbocycles. The number of rotatable bonds is 7. The molecule has 0 saturated heterocycles. The lowest BCUT2D eigenvalue weighted by Gasteiger charge is -2.14. The van der Waals surface area contributed by atoms with Crippen molar-refractivity contribution in [1.82, 2.24) is 0 Å². The van der Waals surface area contributed by atoms with Crippen molar-refractivity contribution >= 4 is 40.7 Å². The highest BCUT2D eigenvalue weighted by atomic mass is 35.5. The number of carboxylic acid groups (broad SMARTS) is 1. The number of halogens is 2. The molecule has 0 amide bonds. The SMILES string of the molecule is CC(=O)C(Cc1ccc(OCC(=O)O)c(Cl)c1Cl)C(C)=O. The predicted molar refractivity (Wildman–Crippen MR) is 78.1 cm³/mol. The van der Waals surface area contributed by atoms with E-state index in [1.807, 2.05) is 0 Å². The predicted octanol–water partition coefficient (Wildman–Crippen LogP) is 2.79. The molecule has 0 heterocycles. The highest BCUT2D eigenvalue weighted by Crippen LogP contribution is 2.35. The van der Waals surface area contributed by atoms with Crippen molar-refractivity contribution in [2.24, 2.45) is 5.92 Å². The van der Waals surface area contributed by atoms with Gasteiger partial charge in [0.15, 0.2) is 6.61 Å². The van der Waals surface area contributed by atoms with Crippen LogP contribution in [0.3, 0.4) is 0 Å². The minimum Gasteiger partial charge on any atom is -0.480 e. The third kappa shape index (κ3) is 4.72. The Morgan fingerprint density at radius 1 is 1.14 bits per heavy atom. The largest absolute Gasteiger partial charge is 0.480 e. The summed E-state index contributed by atoms with van der Waals surface area (Å²) in [4.78, 5) is 33.3. The van der Waals surface area contributed by atoms with Gasteiger partial charge in [-0.05, 0) is 31.9 Å². The van der Waals surface area contributed by atoms with Gasteiger partial charge in [-0.1, -0.05) is 29.3 Å². The molecule has 0 atom stereocenters. The van der Waals surface area contributed by atoms with Crippen molar-refractivity contribution in [2.75, 3.05) is 6.61 Å². The van der Waals surface area contributed by atoms with Crippen LogP contribution in [0.4, 0.5) is 0 Å². The maximum atomic E-state index is 11.4. The number of carbonyl (C=O) groups excluding carboxylic acids is 2. The van der Waals surface area contributed by atoms with Crippen LogP contribution >= 0.6 is 23.2 Å². The molecule has 0 spiro atoms. The van der Waals surface area contributed by atoms with E-state index in [0.717, 1.165) is 0 Å². The summed E-state index contributed by atoms with van der Waals surface area (Å²) in [6.45, 7) is 2.14. The highest BCUT2D eigenvalue weighted by Gasteiger charge is 2.22. The molecule has 1 aromatic rings. The molecule has 7 heteroatoms. The maximum Gasteiger partial charge on any atom is 0.341 e. The van der Waals surface area contributed by atoms with Crippen LogP contribution in [0.2, 0.25) is 10.0 Å². The number of aliphatic carboxylic acids is 1. The van der Waals surface area contributed by atoms with Crippen LogP contribution in [-0.4, -0.2) is 29.2 Å². The van der Waals surface area contributed by atoms with E-state index in [-0.39, 0.29) is 33.8 Å². The zero-order chi connectivity index (χ0) is 16.2. The number of benzene rings is 1. The van der Waals surface area contributed by atoms with E-state index in [2.05, 4.69) is 0 Å². The van der Waals surface area contributed by atoms with E-state index < -0.39 is 18.5 Å². The molecule has 0 radical (unpaired) electrons. The van der Waals surface area contributed by atoms with Gasteiger partial charge >= 0.3 is 5.97 Å². The second-order valence-electron chi connectivity index (χ2n) is 4.51. The lowest BCUT2D eigenvalue weighted by molar-refractivity contribution is -0.139. The average Bonchev–Trinajstić information content (AvgIpc) is 2.38. The van der Waals surface area contributed by atoms with E-state index in [9.17, 15) is 14.4 Å². The Morgan fingerprint density at radius 3 is 2.19 bits per heavy atom. The van der Waals surface area contributed by atoms with E-state index >= 15 is 0 Å². The van der Waals surface area contributed by atoms with Gasteiger partial charge < -0.3 is 9.84 Å². The van der Waals surface area contributed by atoms with Gasteiger partial charge in [-0.15, -0.1) is 0 Å². The van der Waals surface area contributed by atoms with Gasteiger partial charge in [-0.3, -0.25) is 9.59 Å². The van der Waals surface area contributed by atoms with Gasteiger partial charge in [0.25, 0.3) is 0 Å². The van der Waals surface area contributed by atoms with Gasteiger partial charge in [0, 0.05) is 0 Å². The molecule has 1 rings (SSSR count). The second-order valence-corrected chi connectivity index (χ2v) is 5.27. The Kier molecular flexibility index (Phi) is 6.18. The lowest BCUT2D eigenvalue weighted by Crippen LogP contribution is -2.22. The molecule has 0 aromatic heterocycles. The number of hydrogen-bond acceptors (Lipinski definition) is 4. The summed E-state index contributed by atoms with van der Waals surface area (Å²) in [7, 11) is 0. The fraction of sp³-hybridized carbons (Fsp3) is 0.357. The smallest absolute Gasteiger partial charge is 0.341 e. The summed E-state index contributed by atoms with van der Waals surface area (Å²) in [6.07, 6.45) is 0.141. The summed E-state index contributed by atoms with van der Waals surface area (Å²) in [6, 6.07) is 3.02. The molecule has 0 aliphatic heterocycles. The van der Waals surface area contributed by atoms with Crippen molar-refractivity contribution in [3.8, 4) is 5.75 Å². The molecule has 1 N–H and O–H groups in total. The molecule has 0 aliphatic rings. The summed E-state index contributed by atoms with van der Waals surface area (Å²) in [5.74, 6) is -2.28. The van der Waals surface area contributed by atoms with Gasteiger partial charge in [-0.25, -0.2) is 4.79 Å². The van der Waals surface area contributed by atoms with Crippen molar-refractivity contribution in [3.05, 3.63) is 27.7 Å². The minimum absolute atomic E-state index is 0.0567. The van der Waals surface area contributed by atoms with Crippen LogP contribution in [0.5, 0.6) is 5.75 Å². The molecular weight excluding hydrogens is 319 g/mol. The van der Waals surface area contributed by atoms with E-state index in [4.69, 9.17) is 33.0 Å². The van der Waals surface area contributed by atoms with Crippen molar-refractivity contribution in [3.63, 3.8) is 0 Å². The molecule has 0 aliphatic carbocycles.